The molecule has 130 valence electrons. The molecular formula is C14H13F5N4O. The first kappa shape index (κ1) is 17.9. The lowest BCUT2D eigenvalue weighted by Gasteiger charge is -2.15. The molecule has 0 unspecified atom stereocenters. The minimum Gasteiger partial charge on any atom is -0.394 e. The summed E-state index contributed by atoms with van der Waals surface area (Å²) < 4.78 is 66.0. The Morgan fingerprint density at radius 1 is 1.17 bits per heavy atom. The number of nitrogens with one attached hydrogen (secondary N) is 2. The van der Waals surface area contributed by atoms with Crippen molar-refractivity contribution in [3.8, 4) is 0 Å². The maximum Gasteiger partial charge on any atom is 0.433 e. The predicted molar refractivity (Wildman–Crippen MR) is 76.8 cm³/mol. The van der Waals surface area contributed by atoms with E-state index in [0.717, 1.165) is 18.2 Å². The molecule has 0 fully saturated rings. The predicted octanol–water partition coefficient (Wildman–Crippen LogP) is 3.31. The summed E-state index contributed by atoms with van der Waals surface area (Å²) in [6.45, 7) is 1.12. The van der Waals surface area contributed by atoms with E-state index in [1.165, 1.54) is 6.92 Å². The fraction of sp³-hybridized carbons (Fsp3) is 0.286. The first-order chi connectivity index (χ1) is 11.2. The summed E-state index contributed by atoms with van der Waals surface area (Å²) in [5.41, 5.74) is -1.94. The molecule has 0 radical (unpaired) electrons. The largest absolute Gasteiger partial charge is 0.433 e. The summed E-state index contributed by atoms with van der Waals surface area (Å²) in [5.74, 6) is -2.86. The van der Waals surface area contributed by atoms with Gasteiger partial charge in [-0.2, -0.15) is 18.2 Å². The highest BCUT2D eigenvalue weighted by Crippen LogP contribution is 2.31. The van der Waals surface area contributed by atoms with E-state index in [-0.39, 0.29) is 6.61 Å². The number of nitrogens with zero attached hydrogens (tertiary/aromatic N) is 2. The zero-order chi connectivity index (χ0) is 17.9. The van der Waals surface area contributed by atoms with Gasteiger partial charge in [0.25, 0.3) is 0 Å². The smallest absolute Gasteiger partial charge is 0.394 e. The second-order valence-electron chi connectivity index (χ2n) is 4.91. The van der Waals surface area contributed by atoms with Crippen LogP contribution >= 0.6 is 0 Å². The molecule has 5 nitrogen and oxygen atoms in total. The molecule has 0 spiro atoms. The van der Waals surface area contributed by atoms with Crippen molar-refractivity contribution in [2.45, 2.75) is 19.1 Å². The molecular weight excluding hydrogens is 335 g/mol. The number of hydrogen-bond acceptors (Lipinski definition) is 5. The Kier molecular flexibility index (Phi) is 5.17. The Labute approximate surface area is 133 Å². The Balaban J connectivity index is 2.43. The molecule has 10 heteroatoms. The van der Waals surface area contributed by atoms with E-state index in [1.54, 1.807) is 0 Å². The van der Waals surface area contributed by atoms with E-state index in [1.807, 2.05) is 0 Å². The van der Waals surface area contributed by atoms with E-state index in [2.05, 4.69) is 20.6 Å². The van der Waals surface area contributed by atoms with Crippen molar-refractivity contribution in [1.82, 2.24) is 9.97 Å². The monoisotopic (exact) mass is 348 g/mol. The highest BCUT2D eigenvalue weighted by molar-refractivity contribution is 5.59. The molecule has 0 amide bonds. The van der Waals surface area contributed by atoms with Crippen molar-refractivity contribution in [2.24, 2.45) is 0 Å². The van der Waals surface area contributed by atoms with E-state index in [0.29, 0.717) is 6.07 Å². The number of aliphatic hydroxyl groups excluding tert-OH is 1. The van der Waals surface area contributed by atoms with Gasteiger partial charge in [0.1, 0.15) is 23.1 Å². The zero-order valence-electron chi connectivity index (χ0n) is 12.3. The van der Waals surface area contributed by atoms with Crippen LogP contribution in [0.2, 0.25) is 0 Å². The van der Waals surface area contributed by atoms with E-state index < -0.39 is 47.0 Å². The van der Waals surface area contributed by atoms with Gasteiger partial charge in [0.15, 0.2) is 5.69 Å². The molecule has 24 heavy (non-hydrogen) atoms. The number of aliphatic hydroxyl groups is 1. The summed E-state index contributed by atoms with van der Waals surface area (Å²) >= 11 is 0. The lowest BCUT2D eigenvalue weighted by molar-refractivity contribution is -0.141. The summed E-state index contributed by atoms with van der Waals surface area (Å²) in [4.78, 5) is 7.03. The molecule has 0 bridgehead atoms. The molecule has 0 aliphatic carbocycles. The van der Waals surface area contributed by atoms with Gasteiger partial charge >= 0.3 is 6.18 Å². The van der Waals surface area contributed by atoms with Crippen LogP contribution in [0.1, 0.15) is 12.6 Å². The van der Waals surface area contributed by atoms with Crippen LogP contribution in [-0.4, -0.2) is 27.7 Å². The normalized spacial score (nSPS) is 12.8. The molecule has 1 atom stereocenters. The van der Waals surface area contributed by atoms with Gasteiger partial charge < -0.3 is 15.7 Å². The number of rotatable bonds is 5. The third-order valence-electron chi connectivity index (χ3n) is 2.88. The van der Waals surface area contributed by atoms with Crippen LogP contribution in [0.3, 0.4) is 0 Å². The standard InChI is InChI=1S/C14H13F5N4O/c1-7(6-24)20-13-21-10(14(17,18)19)5-11(23-13)22-12-8(15)3-2-4-9(12)16/h2-5,7,24H,6H2,1H3,(H2,20,21,22,23)/t7-/m1/s1. The van der Waals surface area contributed by atoms with Crippen LogP contribution in [0.4, 0.5) is 39.4 Å². The molecule has 3 N–H and O–H groups in total. The van der Waals surface area contributed by atoms with Crippen molar-refractivity contribution in [2.75, 3.05) is 17.2 Å². The van der Waals surface area contributed by atoms with E-state index in [4.69, 9.17) is 5.11 Å². The fourth-order valence-corrected chi connectivity index (χ4v) is 1.73. The SMILES string of the molecule is C[C@H](CO)Nc1nc(Nc2c(F)cccc2F)cc(C(F)(F)F)n1. The van der Waals surface area contributed by atoms with E-state index in [9.17, 15) is 22.0 Å². The Hall–Kier alpha value is -2.49. The molecule has 1 aromatic heterocycles. The van der Waals surface area contributed by atoms with Crippen LogP contribution < -0.4 is 10.6 Å². The molecule has 2 aromatic rings. The van der Waals surface area contributed by atoms with Gasteiger partial charge in [0, 0.05) is 12.1 Å². The van der Waals surface area contributed by atoms with Crippen molar-refractivity contribution >= 4 is 17.5 Å². The summed E-state index contributed by atoms with van der Waals surface area (Å²) in [5, 5.41) is 13.6. The molecule has 0 saturated heterocycles. The van der Waals surface area contributed by atoms with Gasteiger partial charge in [0.05, 0.1) is 6.61 Å². The van der Waals surface area contributed by atoms with Gasteiger partial charge in [-0.3, -0.25) is 0 Å². The van der Waals surface area contributed by atoms with Crippen molar-refractivity contribution < 1.29 is 27.1 Å². The van der Waals surface area contributed by atoms with Gasteiger partial charge in [0.2, 0.25) is 5.95 Å². The average Bonchev–Trinajstić information content (AvgIpc) is 2.50. The van der Waals surface area contributed by atoms with Gasteiger partial charge in [-0.1, -0.05) is 6.07 Å². The zero-order valence-corrected chi connectivity index (χ0v) is 12.3. The van der Waals surface area contributed by atoms with Crippen LogP contribution in [0.25, 0.3) is 0 Å². The number of halogens is 5. The Bertz CT molecular complexity index is 703. The Morgan fingerprint density at radius 3 is 2.33 bits per heavy atom. The lowest BCUT2D eigenvalue weighted by atomic mass is 10.3. The van der Waals surface area contributed by atoms with Crippen LogP contribution in [-0.2, 0) is 6.18 Å². The highest BCUT2D eigenvalue weighted by atomic mass is 19.4. The quantitative estimate of drug-likeness (QED) is 0.724. The minimum absolute atomic E-state index is 0.371. The third-order valence-corrected chi connectivity index (χ3v) is 2.88. The number of benzene rings is 1. The van der Waals surface area contributed by atoms with Crippen LogP contribution in [0.15, 0.2) is 24.3 Å². The number of aromatic nitrogens is 2. The number of anilines is 3. The van der Waals surface area contributed by atoms with Crippen molar-refractivity contribution in [3.63, 3.8) is 0 Å². The second kappa shape index (κ2) is 6.95. The topological polar surface area (TPSA) is 70.1 Å². The molecule has 0 aliphatic rings. The van der Waals surface area contributed by atoms with Gasteiger partial charge in [-0.05, 0) is 19.1 Å². The van der Waals surface area contributed by atoms with E-state index >= 15 is 0 Å². The summed E-state index contributed by atoms with van der Waals surface area (Å²) in [6, 6.07) is 2.92. The molecule has 2 rings (SSSR count). The van der Waals surface area contributed by atoms with Gasteiger partial charge in [-0.15, -0.1) is 0 Å². The number of alkyl halides is 3. The molecule has 0 saturated carbocycles. The van der Waals surface area contributed by atoms with Gasteiger partial charge in [-0.25, -0.2) is 13.8 Å². The maximum atomic E-state index is 13.6. The maximum absolute atomic E-state index is 13.6. The first-order valence-electron chi connectivity index (χ1n) is 6.75. The van der Waals surface area contributed by atoms with Crippen LogP contribution in [0.5, 0.6) is 0 Å². The van der Waals surface area contributed by atoms with Crippen molar-refractivity contribution in [1.29, 1.82) is 0 Å². The molecule has 1 aromatic carbocycles. The number of para-hydroxylation sites is 1. The Morgan fingerprint density at radius 2 is 1.79 bits per heavy atom. The summed E-state index contributed by atoms with van der Waals surface area (Å²) in [7, 11) is 0. The third kappa shape index (κ3) is 4.28. The first-order valence-corrected chi connectivity index (χ1v) is 6.75. The molecule has 1 heterocycles. The highest BCUT2D eigenvalue weighted by Gasteiger charge is 2.34. The average molecular weight is 348 g/mol. The van der Waals surface area contributed by atoms with Crippen molar-refractivity contribution in [3.05, 3.63) is 41.6 Å². The second-order valence-corrected chi connectivity index (χ2v) is 4.91. The lowest BCUT2D eigenvalue weighted by Crippen LogP contribution is -2.22. The fourth-order valence-electron chi connectivity index (χ4n) is 1.73. The van der Waals surface area contributed by atoms with Crippen LogP contribution in [0, 0.1) is 11.6 Å². The summed E-state index contributed by atoms with van der Waals surface area (Å²) in [6.07, 6.45) is -4.79. The molecule has 0 aliphatic heterocycles. The number of hydrogen-bond donors (Lipinski definition) is 3. The minimum atomic E-state index is -4.79.